The minimum Gasteiger partial charge on any atom is -0.508 e. The first-order valence-electron chi connectivity index (χ1n) is 18.2. The largest absolute Gasteiger partial charge is 0.508 e. The SMILES string of the molecule is CCC(C)(C)C(=O)OC1C2CC3C(=O)OC1C3O2.CCC(C)(C)C(=O)Oc1ccc(O)cc1.CCC1(OC(=O)C(C)(C)CC)CCCCC1. The third kappa shape index (κ3) is 9.77. The fraction of sp³-hybridized carbons (Fsp3) is 0.744. The molecule has 4 aliphatic rings. The van der Waals surface area contributed by atoms with Crippen molar-refractivity contribution in [3.05, 3.63) is 24.3 Å². The Kier molecular flexibility index (Phi) is 13.4. The van der Waals surface area contributed by atoms with Crippen LogP contribution in [0.2, 0.25) is 0 Å². The van der Waals surface area contributed by atoms with Crippen LogP contribution in [0.3, 0.4) is 0 Å². The summed E-state index contributed by atoms with van der Waals surface area (Å²) in [5, 5.41) is 9.06. The Morgan fingerprint density at radius 1 is 0.796 bits per heavy atom. The molecule has 5 unspecified atom stereocenters. The standard InChI is InChI=1S/C14H26O2.C13H18O5.C12H16O3/c1-5-13(3,4)12(15)16-14(6-2)10-8-7-9-11-14;1-4-13(2,3)12(15)18-9-7-5-6-8(16-7)10(9)17-11(6)14;1-4-12(2,3)11(14)15-10-7-5-9(13)6-8-10/h5-11H2,1-4H3;6-10H,4-5H2,1-3H3;5-8,13H,4H2,1-3H3. The van der Waals surface area contributed by atoms with Gasteiger partial charge in [-0.2, -0.15) is 0 Å². The van der Waals surface area contributed by atoms with E-state index in [1.165, 1.54) is 31.4 Å². The lowest BCUT2D eigenvalue weighted by atomic mass is 9.82. The van der Waals surface area contributed by atoms with E-state index in [1.54, 1.807) is 12.1 Å². The van der Waals surface area contributed by atoms with E-state index in [-0.39, 0.29) is 58.8 Å². The first kappa shape index (κ1) is 40.3. The molecular formula is C39H60O10. The summed E-state index contributed by atoms with van der Waals surface area (Å²) < 4.78 is 27.5. The first-order chi connectivity index (χ1) is 22.8. The van der Waals surface area contributed by atoms with Gasteiger partial charge in [-0.25, -0.2) is 0 Å². The molecule has 3 saturated heterocycles. The molecule has 5 atom stereocenters. The molecule has 1 aromatic carbocycles. The summed E-state index contributed by atoms with van der Waals surface area (Å²) in [4.78, 5) is 47.4. The number of hydrogen-bond donors (Lipinski definition) is 1. The van der Waals surface area contributed by atoms with Gasteiger partial charge in [0.1, 0.15) is 23.2 Å². The van der Waals surface area contributed by atoms with E-state index in [0.29, 0.717) is 18.6 Å². The number of ether oxygens (including phenoxy) is 5. The second-order valence-corrected chi connectivity index (χ2v) is 15.8. The van der Waals surface area contributed by atoms with E-state index >= 15 is 0 Å². The summed E-state index contributed by atoms with van der Waals surface area (Å²) in [5.74, 6) is -0.251. The third-order valence-electron chi connectivity index (χ3n) is 11.1. The van der Waals surface area contributed by atoms with Gasteiger partial charge >= 0.3 is 23.9 Å². The van der Waals surface area contributed by atoms with Gasteiger partial charge in [-0.15, -0.1) is 0 Å². The summed E-state index contributed by atoms with van der Waals surface area (Å²) in [5.41, 5.74) is -1.47. The van der Waals surface area contributed by atoms with Gasteiger partial charge in [-0.05, 0) is 124 Å². The molecule has 4 fully saturated rings. The Labute approximate surface area is 292 Å². The molecule has 2 bridgehead atoms. The quantitative estimate of drug-likeness (QED) is 0.147. The summed E-state index contributed by atoms with van der Waals surface area (Å²) in [6, 6.07) is 6.11. The molecule has 0 amide bonds. The number of benzene rings is 1. The van der Waals surface area contributed by atoms with Crippen LogP contribution >= 0.6 is 0 Å². The molecule has 276 valence electrons. The van der Waals surface area contributed by atoms with Crippen molar-refractivity contribution in [3.8, 4) is 11.5 Å². The minimum atomic E-state index is -0.510. The first-order valence-corrected chi connectivity index (χ1v) is 18.2. The van der Waals surface area contributed by atoms with Crippen molar-refractivity contribution in [2.24, 2.45) is 22.2 Å². The molecule has 10 nitrogen and oxygen atoms in total. The van der Waals surface area contributed by atoms with Gasteiger partial charge < -0.3 is 28.8 Å². The van der Waals surface area contributed by atoms with E-state index in [4.69, 9.17) is 28.8 Å². The number of hydrogen-bond acceptors (Lipinski definition) is 10. The highest BCUT2D eigenvalue weighted by Crippen LogP contribution is 2.48. The second-order valence-electron chi connectivity index (χ2n) is 15.8. The van der Waals surface area contributed by atoms with E-state index in [2.05, 4.69) is 6.92 Å². The Balaban J connectivity index is 0.000000200. The molecule has 1 aromatic rings. The molecule has 3 aliphatic heterocycles. The van der Waals surface area contributed by atoms with Gasteiger partial charge in [0.2, 0.25) is 0 Å². The minimum absolute atomic E-state index is 0.0150. The van der Waals surface area contributed by atoms with Gasteiger partial charge in [-0.3, -0.25) is 19.2 Å². The molecule has 3 heterocycles. The van der Waals surface area contributed by atoms with E-state index in [0.717, 1.165) is 32.1 Å². The van der Waals surface area contributed by atoms with E-state index in [9.17, 15) is 19.2 Å². The number of phenolic OH excluding ortho intramolecular Hbond substituents is 1. The van der Waals surface area contributed by atoms with Crippen molar-refractivity contribution in [1.82, 2.24) is 0 Å². The van der Waals surface area contributed by atoms with Gasteiger partial charge in [0.25, 0.3) is 0 Å². The lowest BCUT2D eigenvalue weighted by Gasteiger charge is -2.38. The normalized spacial score (nSPS) is 25.2. The van der Waals surface area contributed by atoms with Crippen molar-refractivity contribution in [2.45, 2.75) is 163 Å². The monoisotopic (exact) mass is 688 g/mol. The fourth-order valence-corrected chi connectivity index (χ4v) is 5.92. The maximum absolute atomic E-state index is 12.1. The van der Waals surface area contributed by atoms with Gasteiger partial charge in [0, 0.05) is 0 Å². The molecule has 0 radical (unpaired) electrons. The molecule has 0 spiro atoms. The highest BCUT2D eigenvalue weighted by Gasteiger charge is 2.65. The van der Waals surface area contributed by atoms with Crippen LogP contribution in [0, 0.1) is 22.2 Å². The third-order valence-corrected chi connectivity index (χ3v) is 11.1. The van der Waals surface area contributed by atoms with Gasteiger partial charge in [0.05, 0.1) is 28.3 Å². The molecular weight excluding hydrogens is 628 g/mol. The second kappa shape index (κ2) is 16.3. The van der Waals surface area contributed by atoms with E-state index < -0.39 is 23.0 Å². The van der Waals surface area contributed by atoms with Crippen LogP contribution in [0.1, 0.15) is 133 Å². The molecule has 49 heavy (non-hydrogen) atoms. The fourth-order valence-electron chi connectivity index (χ4n) is 5.92. The van der Waals surface area contributed by atoms with Crippen molar-refractivity contribution >= 4 is 23.9 Å². The van der Waals surface area contributed by atoms with Crippen LogP contribution in [0.15, 0.2) is 24.3 Å². The lowest BCUT2D eigenvalue weighted by molar-refractivity contribution is -0.175. The van der Waals surface area contributed by atoms with Crippen molar-refractivity contribution in [3.63, 3.8) is 0 Å². The summed E-state index contributed by atoms with van der Waals surface area (Å²) in [6.45, 7) is 19.4. The molecule has 1 saturated carbocycles. The average molecular weight is 689 g/mol. The molecule has 1 N–H and O–H groups in total. The zero-order valence-corrected chi connectivity index (χ0v) is 31.4. The Morgan fingerprint density at radius 2 is 1.33 bits per heavy atom. The van der Waals surface area contributed by atoms with Crippen LogP contribution in [-0.2, 0) is 38.1 Å². The number of phenols is 1. The Hall–Kier alpha value is -3.14. The average Bonchev–Trinajstić information content (AvgIpc) is 3.72. The van der Waals surface area contributed by atoms with Crippen LogP contribution in [0.5, 0.6) is 11.5 Å². The van der Waals surface area contributed by atoms with Crippen LogP contribution in [0.4, 0.5) is 0 Å². The van der Waals surface area contributed by atoms with Gasteiger partial charge in [0.15, 0.2) is 12.2 Å². The van der Waals surface area contributed by atoms with Crippen molar-refractivity contribution < 1.29 is 48.0 Å². The topological polar surface area (TPSA) is 135 Å². The molecule has 5 rings (SSSR count). The summed E-state index contributed by atoms with van der Waals surface area (Å²) in [7, 11) is 0. The maximum atomic E-state index is 12.1. The number of carbonyl (C=O) groups is 4. The number of fused-ring (bicyclic) bond motifs is 1. The highest BCUT2D eigenvalue weighted by atomic mass is 16.7. The van der Waals surface area contributed by atoms with Crippen LogP contribution in [0.25, 0.3) is 0 Å². The zero-order valence-electron chi connectivity index (χ0n) is 31.4. The highest BCUT2D eigenvalue weighted by molar-refractivity contribution is 5.79. The molecule has 0 aromatic heterocycles. The number of rotatable bonds is 10. The summed E-state index contributed by atoms with van der Waals surface area (Å²) >= 11 is 0. The predicted molar refractivity (Wildman–Crippen MR) is 185 cm³/mol. The van der Waals surface area contributed by atoms with Crippen molar-refractivity contribution in [2.75, 3.05) is 0 Å². The summed E-state index contributed by atoms with van der Waals surface area (Å²) in [6.07, 6.45) is 8.45. The zero-order chi connectivity index (χ0) is 36.8. The molecule has 10 heteroatoms. The number of esters is 4. The Bertz CT molecular complexity index is 1290. The van der Waals surface area contributed by atoms with E-state index in [1.807, 2.05) is 62.3 Å². The van der Waals surface area contributed by atoms with Crippen molar-refractivity contribution in [1.29, 1.82) is 0 Å². The number of carbonyl (C=O) groups excluding carboxylic acids is 4. The van der Waals surface area contributed by atoms with Crippen LogP contribution < -0.4 is 4.74 Å². The van der Waals surface area contributed by atoms with Gasteiger partial charge in [-0.1, -0.05) is 34.1 Å². The van der Waals surface area contributed by atoms with Crippen LogP contribution in [-0.4, -0.2) is 59.0 Å². The Morgan fingerprint density at radius 3 is 1.86 bits per heavy atom. The smallest absolute Gasteiger partial charge is 0.316 e. The maximum Gasteiger partial charge on any atom is 0.316 e. The predicted octanol–water partition coefficient (Wildman–Crippen LogP) is 7.86. The number of aromatic hydroxyl groups is 1. The lowest BCUT2D eigenvalue weighted by Crippen LogP contribution is -2.42. The molecule has 1 aliphatic carbocycles.